The lowest BCUT2D eigenvalue weighted by Crippen LogP contribution is -2.17. The number of methoxy groups -OCH3 is 2. The van der Waals surface area contributed by atoms with Crippen molar-refractivity contribution in [3.63, 3.8) is 0 Å². The van der Waals surface area contributed by atoms with Gasteiger partial charge in [0.1, 0.15) is 0 Å². The minimum atomic E-state index is 0.655. The second-order valence-electron chi connectivity index (χ2n) is 4.82. The molecule has 0 atom stereocenters. The molecule has 0 saturated heterocycles. The van der Waals surface area contributed by atoms with E-state index in [2.05, 4.69) is 5.32 Å². The first-order valence-corrected chi connectivity index (χ1v) is 7.75. The predicted octanol–water partition coefficient (Wildman–Crippen LogP) is 4.34. The first-order chi connectivity index (χ1) is 10.7. The van der Waals surface area contributed by atoms with Crippen molar-refractivity contribution in [2.45, 2.75) is 13.0 Å². The highest BCUT2D eigenvalue weighted by molar-refractivity contribution is 6.35. The second kappa shape index (κ2) is 8.28. The molecule has 0 aromatic heterocycles. The Kier molecular flexibility index (Phi) is 6.37. The maximum atomic E-state index is 6.16. The highest BCUT2D eigenvalue weighted by atomic mass is 35.5. The lowest BCUT2D eigenvalue weighted by molar-refractivity contribution is 0.350. The Balaban J connectivity index is 1.91. The Morgan fingerprint density at radius 2 is 1.82 bits per heavy atom. The Labute approximate surface area is 141 Å². The summed E-state index contributed by atoms with van der Waals surface area (Å²) in [4.78, 5) is 0. The zero-order chi connectivity index (χ0) is 15.9. The molecule has 0 aliphatic carbocycles. The smallest absolute Gasteiger partial charge is 0.165 e. The van der Waals surface area contributed by atoms with Crippen molar-refractivity contribution in [3.8, 4) is 11.5 Å². The SMILES string of the molecule is COc1cccc(CNCCc2ccc(Cl)cc2Cl)c1OC. The van der Waals surface area contributed by atoms with Gasteiger partial charge in [-0.3, -0.25) is 0 Å². The molecule has 22 heavy (non-hydrogen) atoms. The lowest BCUT2D eigenvalue weighted by Gasteiger charge is -2.13. The van der Waals surface area contributed by atoms with Crippen molar-refractivity contribution in [1.29, 1.82) is 0 Å². The molecule has 0 spiro atoms. The number of hydrogen-bond donors (Lipinski definition) is 1. The third-order valence-electron chi connectivity index (χ3n) is 3.39. The van der Waals surface area contributed by atoms with E-state index < -0.39 is 0 Å². The van der Waals surface area contributed by atoms with Crippen LogP contribution in [0, 0.1) is 0 Å². The van der Waals surface area contributed by atoms with Gasteiger partial charge in [-0.2, -0.15) is 0 Å². The molecule has 2 aromatic carbocycles. The summed E-state index contributed by atoms with van der Waals surface area (Å²) in [5.74, 6) is 1.50. The molecule has 0 saturated carbocycles. The zero-order valence-corrected chi connectivity index (χ0v) is 14.2. The van der Waals surface area contributed by atoms with Crippen LogP contribution in [0.5, 0.6) is 11.5 Å². The van der Waals surface area contributed by atoms with E-state index in [9.17, 15) is 0 Å². The Bertz CT molecular complexity index is 632. The molecule has 5 heteroatoms. The molecule has 0 fully saturated rings. The fourth-order valence-electron chi connectivity index (χ4n) is 2.26. The van der Waals surface area contributed by atoms with Gasteiger partial charge in [0.25, 0.3) is 0 Å². The summed E-state index contributed by atoms with van der Waals surface area (Å²) in [6, 6.07) is 11.4. The minimum absolute atomic E-state index is 0.655. The van der Waals surface area contributed by atoms with Crippen LogP contribution in [0.1, 0.15) is 11.1 Å². The summed E-state index contributed by atoms with van der Waals surface area (Å²) in [5, 5.41) is 4.75. The van der Waals surface area contributed by atoms with Crippen molar-refractivity contribution in [2.75, 3.05) is 20.8 Å². The van der Waals surface area contributed by atoms with E-state index in [0.717, 1.165) is 35.6 Å². The minimum Gasteiger partial charge on any atom is -0.493 e. The van der Waals surface area contributed by atoms with Crippen LogP contribution in [0.3, 0.4) is 0 Å². The highest BCUT2D eigenvalue weighted by Gasteiger charge is 2.09. The summed E-state index contributed by atoms with van der Waals surface area (Å²) in [5.41, 5.74) is 2.14. The van der Waals surface area contributed by atoms with Crippen molar-refractivity contribution in [1.82, 2.24) is 5.32 Å². The number of hydrogen-bond acceptors (Lipinski definition) is 3. The van der Waals surface area contributed by atoms with Crippen LogP contribution in [0.4, 0.5) is 0 Å². The van der Waals surface area contributed by atoms with Gasteiger partial charge in [-0.1, -0.05) is 41.4 Å². The van der Waals surface area contributed by atoms with E-state index in [1.807, 2.05) is 30.3 Å². The topological polar surface area (TPSA) is 30.5 Å². The molecule has 0 aliphatic rings. The summed E-state index contributed by atoms with van der Waals surface area (Å²) in [6.07, 6.45) is 0.836. The largest absolute Gasteiger partial charge is 0.493 e. The van der Waals surface area contributed by atoms with Gasteiger partial charge in [-0.05, 0) is 36.7 Å². The van der Waals surface area contributed by atoms with Crippen LogP contribution >= 0.6 is 23.2 Å². The monoisotopic (exact) mass is 339 g/mol. The molecule has 2 aromatic rings. The van der Waals surface area contributed by atoms with E-state index >= 15 is 0 Å². The van der Waals surface area contributed by atoms with Gasteiger partial charge in [0, 0.05) is 22.2 Å². The Hall–Kier alpha value is -1.42. The standard InChI is InChI=1S/C17H19Cl2NO2/c1-21-16-5-3-4-13(17(16)22-2)11-20-9-8-12-6-7-14(18)10-15(12)19/h3-7,10,20H,8-9,11H2,1-2H3. The van der Waals surface area contributed by atoms with Crippen molar-refractivity contribution >= 4 is 23.2 Å². The van der Waals surface area contributed by atoms with E-state index in [1.54, 1.807) is 20.3 Å². The maximum Gasteiger partial charge on any atom is 0.165 e. The van der Waals surface area contributed by atoms with Gasteiger partial charge < -0.3 is 14.8 Å². The van der Waals surface area contributed by atoms with Crippen LogP contribution in [0.25, 0.3) is 0 Å². The first kappa shape index (κ1) is 16.9. The van der Waals surface area contributed by atoms with Crippen molar-refractivity contribution in [3.05, 3.63) is 57.6 Å². The van der Waals surface area contributed by atoms with Crippen molar-refractivity contribution in [2.24, 2.45) is 0 Å². The Morgan fingerprint density at radius 3 is 2.50 bits per heavy atom. The Morgan fingerprint density at radius 1 is 1.00 bits per heavy atom. The molecular weight excluding hydrogens is 321 g/mol. The van der Waals surface area contributed by atoms with Crippen LogP contribution in [0.2, 0.25) is 10.0 Å². The fraction of sp³-hybridized carbons (Fsp3) is 0.294. The van der Waals surface area contributed by atoms with Crippen LogP contribution in [-0.4, -0.2) is 20.8 Å². The fourth-order valence-corrected chi connectivity index (χ4v) is 2.77. The maximum absolute atomic E-state index is 6.16. The number of para-hydroxylation sites is 1. The third-order valence-corrected chi connectivity index (χ3v) is 3.97. The zero-order valence-electron chi connectivity index (χ0n) is 12.7. The number of halogens is 2. The van der Waals surface area contributed by atoms with Gasteiger partial charge in [-0.25, -0.2) is 0 Å². The summed E-state index contributed by atoms with van der Waals surface area (Å²) < 4.78 is 10.7. The predicted molar refractivity (Wildman–Crippen MR) is 91.4 cm³/mol. The molecule has 2 rings (SSSR count). The molecular formula is C17H19Cl2NO2. The molecule has 0 radical (unpaired) electrons. The molecule has 0 amide bonds. The lowest BCUT2D eigenvalue weighted by atomic mass is 10.1. The average Bonchev–Trinajstić information content (AvgIpc) is 2.52. The molecule has 0 bridgehead atoms. The molecule has 0 unspecified atom stereocenters. The van der Waals surface area contributed by atoms with E-state index in [1.165, 1.54) is 0 Å². The van der Waals surface area contributed by atoms with E-state index in [-0.39, 0.29) is 0 Å². The number of rotatable bonds is 7. The average molecular weight is 340 g/mol. The van der Waals surface area contributed by atoms with Crippen molar-refractivity contribution < 1.29 is 9.47 Å². The van der Waals surface area contributed by atoms with Crippen LogP contribution in [-0.2, 0) is 13.0 Å². The summed E-state index contributed by atoms with van der Waals surface area (Å²) in [7, 11) is 3.28. The second-order valence-corrected chi connectivity index (χ2v) is 5.66. The number of ether oxygens (including phenoxy) is 2. The molecule has 3 nitrogen and oxygen atoms in total. The van der Waals surface area contributed by atoms with E-state index in [0.29, 0.717) is 16.6 Å². The molecule has 0 heterocycles. The quantitative estimate of drug-likeness (QED) is 0.761. The first-order valence-electron chi connectivity index (χ1n) is 7.00. The van der Waals surface area contributed by atoms with Gasteiger partial charge in [-0.15, -0.1) is 0 Å². The number of benzene rings is 2. The van der Waals surface area contributed by atoms with Crippen LogP contribution in [0.15, 0.2) is 36.4 Å². The van der Waals surface area contributed by atoms with Gasteiger partial charge >= 0.3 is 0 Å². The number of nitrogens with one attached hydrogen (secondary N) is 1. The van der Waals surface area contributed by atoms with Gasteiger partial charge in [0.15, 0.2) is 11.5 Å². The highest BCUT2D eigenvalue weighted by Crippen LogP contribution is 2.30. The normalized spacial score (nSPS) is 10.5. The van der Waals surface area contributed by atoms with E-state index in [4.69, 9.17) is 32.7 Å². The molecule has 1 N–H and O–H groups in total. The summed E-state index contributed by atoms with van der Waals surface area (Å²) in [6.45, 7) is 1.51. The van der Waals surface area contributed by atoms with Gasteiger partial charge in [0.05, 0.1) is 14.2 Å². The van der Waals surface area contributed by atoms with Crippen LogP contribution < -0.4 is 14.8 Å². The third kappa shape index (κ3) is 4.29. The summed E-state index contributed by atoms with van der Waals surface area (Å²) >= 11 is 12.1. The molecule has 118 valence electrons. The molecule has 0 aliphatic heterocycles. The van der Waals surface area contributed by atoms with Gasteiger partial charge in [0.2, 0.25) is 0 Å².